The molecule has 0 spiro atoms. The summed E-state index contributed by atoms with van der Waals surface area (Å²) in [6.45, 7) is 1.33. The number of hydroxylamine groups is 1. The van der Waals surface area contributed by atoms with Crippen molar-refractivity contribution in [1.82, 2.24) is 10.8 Å². The molecule has 6 nitrogen and oxygen atoms in total. The molecule has 0 heterocycles. The van der Waals surface area contributed by atoms with Crippen LogP contribution in [0.25, 0.3) is 6.08 Å². The molecule has 19 heavy (non-hydrogen) atoms. The number of amides is 2. The van der Waals surface area contributed by atoms with E-state index in [1.165, 1.54) is 18.5 Å². The highest BCUT2D eigenvalue weighted by Crippen LogP contribution is 2.01. The van der Waals surface area contributed by atoms with Crippen LogP contribution in [0, 0.1) is 0 Å². The van der Waals surface area contributed by atoms with Gasteiger partial charge in [-0.2, -0.15) is 0 Å². The van der Waals surface area contributed by atoms with Gasteiger partial charge in [-0.3, -0.25) is 14.8 Å². The fraction of sp³-hybridized carbons (Fsp3) is 0.231. The van der Waals surface area contributed by atoms with Gasteiger partial charge >= 0.3 is 0 Å². The van der Waals surface area contributed by atoms with Gasteiger partial charge < -0.3 is 10.4 Å². The molecule has 0 aliphatic heterocycles. The average Bonchev–Trinajstić information content (AvgIpc) is 2.42. The smallest absolute Gasteiger partial charge is 0.268 e. The van der Waals surface area contributed by atoms with Gasteiger partial charge in [-0.1, -0.05) is 30.3 Å². The van der Waals surface area contributed by atoms with Gasteiger partial charge in [0.2, 0.25) is 5.91 Å². The van der Waals surface area contributed by atoms with E-state index < -0.39 is 24.0 Å². The molecule has 102 valence electrons. The van der Waals surface area contributed by atoms with Crippen molar-refractivity contribution in [2.24, 2.45) is 0 Å². The minimum Gasteiger partial charge on any atom is -0.391 e. The minimum absolute atomic E-state index is 0.543. The van der Waals surface area contributed by atoms with E-state index in [0.717, 1.165) is 5.56 Å². The Labute approximate surface area is 110 Å². The average molecular weight is 264 g/mol. The summed E-state index contributed by atoms with van der Waals surface area (Å²) in [5.41, 5.74) is 2.22. The lowest BCUT2D eigenvalue weighted by atomic mass is 10.1. The van der Waals surface area contributed by atoms with E-state index >= 15 is 0 Å². The summed E-state index contributed by atoms with van der Waals surface area (Å²) < 4.78 is 0. The fourth-order valence-corrected chi connectivity index (χ4v) is 1.41. The van der Waals surface area contributed by atoms with Crippen LogP contribution in [0.5, 0.6) is 0 Å². The normalized spacial score (nSPS) is 13.8. The molecule has 0 saturated heterocycles. The molecule has 4 N–H and O–H groups in total. The number of nitrogens with one attached hydrogen (secondary N) is 2. The van der Waals surface area contributed by atoms with Crippen molar-refractivity contribution in [1.29, 1.82) is 0 Å². The highest BCUT2D eigenvalue weighted by atomic mass is 16.5. The van der Waals surface area contributed by atoms with Gasteiger partial charge in [0.1, 0.15) is 6.04 Å². The monoisotopic (exact) mass is 264 g/mol. The van der Waals surface area contributed by atoms with E-state index in [1.54, 1.807) is 6.08 Å². The van der Waals surface area contributed by atoms with Gasteiger partial charge in [-0.05, 0) is 18.6 Å². The SMILES string of the molecule is CC(O)C(NC(=O)C=Cc1ccccc1)C(=O)NO. The van der Waals surface area contributed by atoms with Crippen molar-refractivity contribution >= 4 is 17.9 Å². The molecule has 0 saturated carbocycles. The highest BCUT2D eigenvalue weighted by molar-refractivity contribution is 5.95. The van der Waals surface area contributed by atoms with Gasteiger partial charge in [0, 0.05) is 6.08 Å². The topological polar surface area (TPSA) is 98.7 Å². The number of rotatable bonds is 5. The van der Waals surface area contributed by atoms with Crippen LogP contribution in [0.4, 0.5) is 0 Å². The quantitative estimate of drug-likeness (QED) is 0.343. The molecule has 0 aliphatic carbocycles. The number of carbonyl (C=O) groups is 2. The lowest BCUT2D eigenvalue weighted by Gasteiger charge is -2.18. The van der Waals surface area contributed by atoms with Crippen LogP contribution < -0.4 is 10.8 Å². The maximum absolute atomic E-state index is 11.6. The van der Waals surface area contributed by atoms with Crippen LogP contribution in [-0.4, -0.2) is 34.3 Å². The Morgan fingerprint density at radius 1 is 1.26 bits per heavy atom. The van der Waals surface area contributed by atoms with Crippen LogP contribution in [0.2, 0.25) is 0 Å². The molecule has 2 unspecified atom stereocenters. The Morgan fingerprint density at radius 3 is 2.42 bits per heavy atom. The molecule has 1 aromatic rings. The summed E-state index contributed by atoms with van der Waals surface area (Å²) in [4.78, 5) is 22.8. The summed E-state index contributed by atoms with van der Waals surface area (Å²) in [6.07, 6.45) is 1.70. The Bertz CT molecular complexity index is 457. The maximum Gasteiger partial charge on any atom is 0.268 e. The molecule has 6 heteroatoms. The molecular formula is C13H16N2O4. The second-order valence-corrected chi connectivity index (χ2v) is 3.95. The third-order valence-corrected chi connectivity index (χ3v) is 2.40. The molecule has 0 bridgehead atoms. The molecule has 0 aromatic heterocycles. The predicted molar refractivity (Wildman–Crippen MR) is 69.0 cm³/mol. The van der Waals surface area contributed by atoms with E-state index in [4.69, 9.17) is 5.21 Å². The van der Waals surface area contributed by atoms with Crippen LogP contribution >= 0.6 is 0 Å². The Balaban J connectivity index is 2.63. The summed E-state index contributed by atoms with van der Waals surface area (Å²) >= 11 is 0. The lowest BCUT2D eigenvalue weighted by Crippen LogP contribution is -2.51. The van der Waals surface area contributed by atoms with Crippen molar-refractivity contribution in [3.05, 3.63) is 42.0 Å². The number of carbonyl (C=O) groups excluding carboxylic acids is 2. The lowest BCUT2D eigenvalue weighted by molar-refractivity contribution is -0.136. The zero-order valence-electron chi connectivity index (χ0n) is 10.4. The largest absolute Gasteiger partial charge is 0.391 e. The summed E-state index contributed by atoms with van der Waals surface area (Å²) in [5, 5.41) is 20.1. The van der Waals surface area contributed by atoms with E-state index in [-0.39, 0.29) is 0 Å². The van der Waals surface area contributed by atoms with Crippen molar-refractivity contribution in [2.45, 2.75) is 19.1 Å². The van der Waals surface area contributed by atoms with Gasteiger partial charge in [-0.25, -0.2) is 5.48 Å². The zero-order chi connectivity index (χ0) is 14.3. The highest BCUT2D eigenvalue weighted by Gasteiger charge is 2.24. The van der Waals surface area contributed by atoms with Crippen LogP contribution in [0.3, 0.4) is 0 Å². The first-order valence-corrected chi connectivity index (χ1v) is 5.70. The Morgan fingerprint density at radius 2 is 1.89 bits per heavy atom. The van der Waals surface area contributed by atoms with E-state index in [0.29, 0.717) is 0 Å². The van der Waals surface area contributed by atoms with Crippen LogP contribution in [0.1, 0.15) is 12.5 Å². The van der Waals surface area contributed by atoms with Crippen LogP contribution in [0.15, 0.2) is 36.4 Å². The van der Waals surface area contributed by atoms with Crippen molar-refractivity contribution < 1.29 is 19.9 Å². The molecule has 1 rings (SSSR count). The number of hydrogen-bond acceptors (Lipinski definition) is 4. The second-order valence-electron chi connectivity index (χ2n) is 3.95. The Hall–Kier alpha value is -2.18. The third kappa shape index (κ3) is 4.90. The van der Waals surface area contributed by atoms with E-state index in [1.807, 2.05) is 30.3 Å². The maximum atomic E-state index is 11.6. The number of hydrogen-bond donors (Lipinski definition) is 4. The van der Waals surface area contributed by atoms with Crippen molar-refractivity contribution in [2.75, 3.05) is 0 Å². The Kier molecular flexibility index (Phi) is 5.72. The van der Waals surface area contributed by atoms with Gasteiger partial charge in [0.25, 0.3) is 5.91 Å². The molecule has 2 amide bonds. The molecule has 1 aromatic carbocycles. The zero-order valence-corrected chi connectivity index (χ0v) is 10.4. The first-order chi connectivity index (χ1) is 9.04. The van der Waals surface area contributed by atoms with Crippen molar-refractivity contribution in [3.63, 3.8) is 0 Å². The summed E-state index contributed by atoms with van der Waals surface area (Å²) in [7, 11) is 0. The van der Waals surface area contributed by atoms with Gasteiger partial charge in [-0.15, -0.1) is 0 Å². The predicted octanol–water partition coefficient (Wildman–Crippen LogP) is 0.0708. The standard InChI is InChI=1S/C13H16N2O4/c1-9(16)12(13(18)15-19)14-11(17)8-7-10-5-3-2-4-6-10/h2-9,12,16,19H,1H3,(H,14,17)(H,15,18). The summed E-state index contributed by atoms with van der Waals surface area (Å²) in [5.74, 6) is -1.42. The summed E-state index contributed by atoms with van der Waals surface area (Å²) in [6, 6.07) is 7.93. The molecule has 0 fully saturated rings. The second kappa shape index (κ2) is 7.30. The van der Waals surface area contributed by atoms with Crippen molar-refractivity contribution in [3.8, 4) is 0 Å². The first-order valence-electron chi connectivity index (χ1n) is 5.70. The first kappa shape index (κ1) is 14.9. The minimum atomic E-state index is -1.21. The van der Waals surface area contributed by atoms with E-state index in [2.05, 4.69) is 5.32 Å². The number of aliphatic hydroxyl groups excluding tert-OH is 1. The van der Waals surface area contributed by atoms with E-state index in [9.17, 15) is 14.7 Å². The van der Waals surface area contributed by atoms with Crippen LogP contribution in [-0.2, 0) is 9.59 Å². The number of benzene rings is 1. The molecule has 0 aliphatic rings. The van der Waals surface area contributed by atoms with Gasteiger partial charge in [0.15, 0.2) is 0 Å². The fourth-order valence-electron chi connectivity index (χ4n) is 1.41. The number of aliphatic hydroxyl groups is 1. The molecule has 2 atom stereocenters. The molecule has 0 radical (unpaired) electrons. The van der Waals surface area contributed by atoms with Gasteiger partial charge in [0.05, 0.1) is 6.10 Å². The third-order valence-electron chi connectivity index (χ3n) is 2.40. The molecular weight excluding hydrogens is 248 g/mol.